The highest BCUT2D eigenvalue weighted by Gasteiger charge is 2.10. The van der Waals surface area contributed by atoms with E-state index in [1.165, 1.54) is 6.21 Å². The van der Waals surface area contributed by atoms with Crippen molar-refractivity contribution in [2.24, 2.45) is 4.40 Å². The van der Waals surface area contributed by atoms with Crippen LogP contribution in [0.15, 0.2) is 63.9 Å². The molecule has 0 saturated carbocycles. The lowest BCUT2D eigenvalue weighted by Gasteiger charge is -1.99. The fourth-order valence-electron chi connectivity index (χ4n) is 1.44. The number of aryl methyl sites for hydroxylation is 1. The average Bonchev–Trinajstić information content (AvgIpc) is 2.38. The van der Waals surface area contributed by atoms with Crippen LogP contribution in [-0.2, 0) is 10.0 Å². The van der Waals surface area contributed by atoms with Gasteiger partial charge in [0.2, 0.25) is 0 Å². The Balaban J connectivity index is 2.28. The first-order valence-electron chi connectivity index (χ1n) is 5.50. The summed E-state index contributed by atoms with van der Waals surface area (Å²) in [5.74, 6) is 0. The Labute approximate surface area is 107 Å². The number of hydrogen-bond acceptors (Lipinski definition) is 2. The highest BCUT2D eigenvalue weighted by atomic mass is 32.2. The molecule has 0 saturated heterocycles. The van der Waals surface area contributed by atoms with Crippen molar-refractivity contribution in [1.82, 2.24) is 0 Å². The van der Waals surface area contributed by atoms with Gasteiger partial charge in [-0.05, 0) is 24.6 Å². The van der Waals surface area contributed by atoms with E-state index in [9.17, 15) is 8.42 Å². The summed E-state index contributed by atoms with van der Waals surface area (Å²) < 4.78 is 27.5. The van der Waals surface area contributed by atoms with Crippen LogP contribution in [0.25, 0.3) is 0 Å². The molecule has 3 nitrogen and oxygen atoms in total. The molecule has 92 valence electrons. The number of benzene rings is 2. The van der Waals surface area contributed by atoms with Gasteiger partial charge in [-0.2, -0.15) is 12.8 Å². The number of nitrogens with zero attached hydrogens (tertiary/aromatic N) is 1. The first-order valence-corrected chi connectivity index (χ1v) is 6.94. The Bertz CT molecular complexity index is 644. The molecule has 0 aromatic heterocycles. The highest BCUT2D eigenvalue weighted by Crippen LogP contribution is 2.13. The Kier molecular flexibility index (Phi) is 3.58. The third-order valence-corrected chi connectivity index (χ3v) is 3.71. The molecule has 2 rings (SSSR count). The summed E-state index contributed by atoms with van der Waals surface area (Å²) in [6.07, 6.45) is 1.36. The number of hydrogen-bond donors (Lipinski definition) is 0. The van der Waals surface area contributed by atoms with Gasteiger partial charge in [-0.3, -0.25) is 0 Å². The van der Waals surface area contributed by atoms with Crippen LogP contribution < -0.4 is 0 Å². The molecule has 0 radical (unpaired) electrons. The van der Waals surface area contributed by atoms with Gasteiger partial charge >= 0.3 is 0 Å². The van der Waals surface area contributed by atoms with Gasteiger partial charge in [-0.25, -0.2) is 0 Å². The second-order valence-electron chi connectivity index (χ2n) is 3.93. The van der Waals surface area contributed by atoms with E-state index < -0.39 is 10.0 Å². The van der Waals surface area contributed by atoms with Crippen LogP contribution in [0, 0.1) is 6.92 Å². The summed E-state index contributed by atoms with van der Waals surface area (Å²) >= 11 is 0. The van der Waals surface area contributed by atoms with Gasteiger partial charge in [-0.1, -0.05) is 48.0 Å². The van der Waals surface area contributed by atoms with Gasteiger partial charge in [0.05, 0.1) is 4.90 Å². The zero-order valence-electron chi connectivity index (χ0n) is 9.95. The maximum absolute atomic E-state index is 11.9. The Morgan fingerprint density at radius 3 is 2.17 bits per heavy atom. The zero-order chi connectivity index (χ0) is 13.0. The molecule has 0 fully saturated rings. The molecule has 2 aromatic carbocycles. The maximum atomic E-state index is 11.9. The normalized spacial score (nSPS) is 11.8. The number of rotatable bonds is 3. The van der Waals surface area contributed by atoms with Gasteiger partial charge < -0.3 is 0 Å². The predicted octanol–water partition coefficient (Wildman–Crippen LogP) is 2.80. The lowest BCUT2D eigenvalue weighted by atomic mass is 10.2. The van der Waals surface area contributed by atoms with Crippen molar-refractivity contribution in [2.45, 2.75) is 11.8 Å². The van der Waals surface area contributed by atoms with Crippen LogP contribution in [0.2, 0.25) is 0 Å². The minimum atomic E-state index is -3.61. The quantitative estimate of drug-likeness (QED) is 0.796. The van der Waals surface area contributed by atoms with Crippen LogP contribution >= 0.6 is 0 Å². The predicted molar refractivity (Wildman–Crippen MR) is 72.4 cm³/mol. The molecule has 0 aliphatic carbocycles. The highest BCUT2D eigenvalue weighted by molar-refractivity contribution is 7.90. The van der Waals surface area contributed by atoms with Crippen molar-refractivity contribution < 1.29 is 8.42 Å². The summed E-state index contributed by atoms with van der Waals surface area (Å²) in [6.45, 7) is 1.91. The van der Waals surface area contributed by atoms with Gasteiger partial charge in [0.25, 0.3) is 10.0 Å². The third kappa shape index (κ3) is 3.05. The number of sulfonamides is 1. The monoisotopic (exact) mass is 259 g/mol. The molecule has 0 heterocycles. The lowest BCUT2D eigenvalue weighted by molar-refractivity contribution is 0.598. The van der Waals surface area contributed by atoms with Crippen molar-refractivity contribution in [2.75, 3.05) is 0 Å². The summed E-state index contributed by atoms with van der Waals surface area (Å²) in [6, 6.07) is 15.8. The lowest BCUT2D eigenvalue weighted by Crippen LogP contribution is -1.97. The molecule has 2 aromatic rings. The molecule has 0 N–H and O–H groups in total. The second kappa shape index (κ2) is 5.14. The largest absolute Gasteiger partial charge is 0.282 e. The van der Waals surface area contributed by atoms with E-state index >= 15 is 0 Å². The minimum Gasteiger partial charge on any atom is -0.199 e. The zero-order valence-corrected chi connectivity index (χ0v) is 10.8. The molecular weight excluding hydrogens is 246 g/mol. The maximum Gasteiger partial charge on any atom is 0.282 e. The summed E-state index contributed by atoms with van der Waals surface area (Å²) in [5.41, 5.74) is 1.77. The molecule has 4 heteroatoms. The Morgan fingerprint density at radius 1 is 0.944 bits per heavy atom. The van der Waals surface area contributed by atoms with Crippen molar-refractivity contribution >= 4 is 16.2 Å². The van der Waals surface area contributed by atoms with Gasteiger partial charge in [0, 0.05) is 6.21 Å². The van der Waals surface area contributed by atoms with Crippen LogP contribution in [0.3, 0.4) is 0 Å². The minimum absolute atomic E-state index is 0.209. The van der Waals surface area contributed by atoms with E-state index in [2.05, 4.69) is 4.40 Å². The van der Waals surface area contributed by atoms with Crippen molar-refractivity contribution in [3.8, 4) is 0 Å². The molecule has 0 amide bonds. The van der Waals surface area contributed by atoms with E-state index in [4.69, 9.17) is 0 Å². The summed E-state index contributed by atoms with van der Waals surface area (Å²) in [4.78, 5) is 0.209. The molecule has 0 spiro atoms. The van der Waals surface area contributed by atoms with Gasteiger partial charge in [-0.15, -0.1) is 0 Å². The average molecular weight is 259 g/mol. The van der Waals surface area contributed by atoms with Crippen LogP contribution in [0.1, 0.15) is 11.1 Å². The third-order valence-electron chi connectivity index (χ3n) is 2.46. The smallest absolute Gasteiger partial charge is 0.199 e. The fourth-order valence-corrected chi connectivity index (χ4v) is 2.30. The van der Waals surface area contributed by atoms with E-state index in [-0.39, 0.29) is 4.90 Å². The molecule has 0 atom stereocenters. The van der Waals surface area contributed by atoms with Crippen molar-refractivity contribution in [3.05, 3.63) is 65.7 Å². The molecule has 0 aliphatic rings. The van der Waals surface area contributed by atoms with Crippen LogP contribution in [0.4, 0.5) is 0 Å². The fraction of sp³-hybridized carbons (Fsp3) is 0.0714. The Morgan fingerprint density at radius 2 is 1.56 bits per heavy atom. The molecule has 0 unspecified atom stereocenters. The molecule has 18 heavy (non-hydrogen) atoms. The second-order valence-corrected chi connectivity index (χ2v) is 5.57. The first-order chi connectivity index (χ1) is 8.58. The van der Waals surface area contributed by atoms with Gasteiger partial charge in [0.1, 0.15) is 0 Å². The van der Waals surface area contributed by atoms with Crippen LogP contribution in [0.5, 0.6) is 0 Å². The molecular formula is C14H13NO2S. The topological polar surface area (TPSA) is 46.5 Å². The summed E-state index contributed by atoms with van der Waals surface area (Å²) in [5, 5.41) is 0. The van der Waals surface area contributed by atoms with E-state index in [1.807, 2.05) is 25.1 Å². The SMILES string of the molecule is Cc1ccc(S(=O)(=O)/N=C\c2ccccc2)cc1. The standard InChI is InChI=1S/C14H13NO2S/c1-12-7-9-14(10-8-12)18(16,17)15-11-13-5-3-2-4-6-13/h2-11H,1H3/b15-11-. The first kappa shape index (κ1) is 12.5. The van der Waals surface area contributed by atoms with E-state index in [0.29, 0.717) is 0 Å². The van der Waals surface area contributed by atoms with E-state index in [1.54, 1.807) is 36.4 Å². The van der Waals surface area contributed by atoms with Crippen molar-refractivity contribution in [1.29, 1.82) is 0 Å². The Hall–Kier alpha value is -1.94. The van der Waals surface area contributed by atoms with E-state index in [0.717, 1.165) is 11.1 Å². The molecule has 0 bridgehead atoms. The van der Waals surface area contributed by atoms with Crippen LogP contribution in [-0.4, -0.2) is 14.6 Å². The summed E-state index contributed by atoms with van der Waals surface area (Å²) in [7, 11) is -3.61. The van der Waals surface area contributed by atoms with Gasteiger partial charge in [0.15, 0.2) is 0 Å². The van der Waals surface area contributed by atoms with Crippen molar-refractivity contribution in [3.63, 3.8) is 0 Å². The molecule has 0 aliphatic heterocycles.